The fraction of sp³-hybridized carbons (Fsp3) is 0.440. The number of carbonyl (C=O) groups is 2. The van der Waals surface area contributed by atoms with Gasteiger partial charge in [-0.1, -0.05) is 43.2 Å². The lowest BCUT2D eigenvalue weighted by Gasteiger charge is -2.25. The molecular weight excluding hydrogens is 392 g/mol. The third-order valence-electron chi connectivity index (χ3n) is 5.55. The predicted octanol–water partition coefficient (Wildman–Crippen LogP) is 4.26. The number of nitrogens with one attached hydrogen (secondary N) is 2. The molecule has 0 aliphatic heterocycles. The number of hydrogen-bond acceptors (Lipinski definition) is 4. The third kappa shape index (κ3) is 6.23. The molecule has 1 fully saturated rings. The maximum Gasteiger partial charge on any atom is 0.258 e. The van der Waals surface area contributed by atoms with Gasteiger partial charge in [0.15, 0.2) is 18.1 Å². The molecule has 0 saturated heterocycles. The molecule has 0 heterocycles. The molecule has 1 unspecified atom stereocenters. The number of benzene rings is 2. The highest BCUT2D eigenvalue weighted by Crippen LogP contribution is 2.36. The number of hydrogen-bond donors (Lipinski definition) is 2. The van der Waals surface area contributed by atoms with E-state index in [1.165, 1.54) is 20.0 Å². The maximum atomic E-state index is 13.1. The molecule has 1 aliphatic rings. The summed E-state index contributed by atoms with van der Waals surface area (Å²) in [4.78, 5) is 24.9. The lowest BCUT2D eigenvalue weighted by Crippen LogP contribution is -2.34. The molecule has 2 aromatic carbocycles. The summed E-state index contributed by atoms with van der Waals surface area (Å²) in [5.74, 6) is 0.926. The number of methoxy groups -OCH3 is 1. The van der Waals surface area contributed by atoms with E-state index in [-0.39, 0.29) is 30.5 Å². The van der Waals surface area contributed by atoms with E-state index < -0.39 is 0 Å². The van der Waals surface area contributed by atoms with Gasteiger partial charge in [-0.3, -0.25) is 9.59 Å². The highest BCUT2D eigenvalue weighted by atomic mass is 16.5. The molecule has 3 rings (SSSR count). The topological polar surface area (TPSA) is 76.7 Å². The Kier molecular flexibility index (Phi) is 7.93. The second-order valence-corrected chi connectivity index (χ2v) is 8.28. The van der Waals surface area contributed by atoms with E-state index in [1.54, 1.807) is 18.2 Å². The van der Waals surface area contributed by atoms with Crippen LogP contribution in [0.2, 0.25) is 0 Å². The van der Waals surface area contributed by atoms with Gasteiger partial charge in [0.05, 0.1) is 13.2 Å². The molecule has 166 valence electrons. The molecule has 0 radical (unpaired) electrons. The second kappa shape index (κ2) is 10.8. The van der Waals surface area contributed by atoms with Gasteiger partial charge in [-0.2, -0.15) is 0 Å². The zero-order valence-corrected chi connectivity index (χ0v) is 18.5. The van der Waals surface area contributed by atoms with Crippen LogP contribution in [0, 0.1) is 5.92 Å². The molecule has 0 aromatic heterocycles. The monoisotopic (exact) mass is 424 g/mol. The van der Waals surface area contributed by atoms with E-state index in [0.717, 1.165) is 18.4 Å². The summed E-state index contributed by atoms with van der Waals surface area (Å²) in [6.45, 7) is 3.66. The van der Waals surface area contributed by atoms with Crippen molar-refractivity contribution in [2.45, 2.75) is 51.6 Å². The van der Waals surface area contributed by atoms with Gasteiger partial charge in [-0.05, 0) is 56.4 Å². The normalized spacial score (nSPS) is 14.8. The van der Waals surface area contributed by atoms with Gasteiger partial charge in [0.25, 0.3) is 11.8 Å². The fourth-order valence-electron chi connectivity index (χ4n) is 4.08. The van der Waals surface area contributed by atoms with E-state index in [2.05, 4.69) is 22.8 Å². The molecule has 6 nitrogen and oxygen atoms in total. The molecule has 1 atom stereocenters. The summed E-state index contributed by atoms with van der Waals surface area (Å²) in [5.41, 5.74) is 1.63. The Hall–Kier alpha value is -3.02. The molecule has 31 heavy (non-hydrogen) atoms. The first-order chi connectivity index (χ1) is 15.0. The van der Waals surface area contributed by atoms with Gasteiger partial charge in [-0.25, -0.2) is 0 Å². The van der Waals surface area contributed by atoms with Crippen molar-refractivity contribution in [1.29, 1.82) is 0 Å². The average Bonchev–Trinajstić information content (AvgIpc) is 3.30. The first kappa shape index (κ1) is 22.7. The van der Waals surface area contributed by atoms with Crippen LogP contribution in [0.4, 0.5) is 0 Å². The Labute approximate surface area is 184 Å². The van der Waals surface area contributed by atoms with Crippen LogP contribution in [-0.4, -0.2) is 31.6 Å². The summed E-state index contributed by atoms with van der Waals surface area (Å²) in [6, 6.07) is 15.2. The van der Waals surface area contributed by atoms with Crippen molar-refractivity contribution < 1.29 is 19.1 Å². The van der Waals surface area contributed by atoms with Gasteiger partial charge < -0.3 is 20.1 Å². The number of amides is 2. The molecule has 2 N–H and O–H groups in total. The van der Waals surface area contributed by atoms with E-state index in [0.29, 0.717) is 23.0 Å². The van der Waals surface area contributed by atoms with Crippen molar-refractivity contribution in [3.8, 4) is 11.5 Å². The van der Waals surface area contributed by atoms with Crippen molar-refractivity contribution >= 4 is 11.8 Å². The highest BCUT2D eigenvalue weighted by Gasteiger charge is 2.28. The van der Waals surface area contributed by atoms with Crippen LogP contribution in [0.1, 0.15) is 61.5 Å². The van der Waals surface area contributed by atoms with Crippen molar-refractivity contribution in [2.24, 2.45) is 5.92 Å². The van der Waals surface area contributed by atoms with Crippen molar-refractivity contribution in [2.75, 3.05) is 13.7 Å². The summed E-state index contributed by atoms with van der Waals surface area (Å²) >= 11 is 0. The summed E-state index contributed by atoms with van der Waals surface area (Å²) in [7, 11) is 1.52. The Morgan fingerprint density at radius 3 is 2.35 bits per heavy atom. The minimum Gasteiger partial charge on any atom is -0.493 e. The van der Waals surface area contributed by atoms with Crippen LogP contribution < -0.4 is 20.1 Å². The van der Waals surface area contributed by atoms with Crippen LogP contribution in [0.3, 0.4) is 0 Å². The zero-order valence-electron chi connectivity index (χ0n) is 18.5. The third-order valence-corrected chi connectivity index (χ3v) is 5.55. The molecule has 2 amide bonds. The number of ether oxygens (including phenoxy) is 2. The van der Waals surface area contributed by atoms with Crippen LogP contribution in [0.25, 0.3) is 0 Å². The van der Waals surface area contributed by atoms with Crippen molar-refractivity contribution in [3.63, 3.8) is 0 Å². The second-order valence-electron chi connectivity index (χ2n) is 8.28. The van der Waals surface area contributed by atoms with Crippen molar-refractivity contribution in [1.82, 2.24) is 10.6 Å². The summed E-state index contributed by atoms with van der Waals surface area (Å²) in [5, 5.41) is 6.01. The molecule has 2 aromatic rings. The number of rotatable bonds is 9. The molecule has 6 heteroatoms. The minimum atomic E-state index is -0.207. The Balaban J connectivity index is 1.72. The average molecular weight is 425 g/mol. The fourth-order valence-corrected chi connectivity index (χ4v) is 4.08. The molecule has 1 aliphatic carbocycles. The van der Waals surface area contributed by atoms with Gasteiger partial charge in [0.1, 0.15) is 0 Å². The molecular formula is C25H32N2O4. The molecule has 1 saturated carbocycles. The minimum absolute atomic E-state index is 0.0159. The highest BCUT2D eigenvalue weighted by molar-refractivity contribution is 5.95. The predicted molar refractivity (Wildman–Crippen MR) is 120 cm³/mol. The molecule has 0 spiro atoms. The maximum absolute atomic E-state index is 13.1. The van der Waals surface area contributed by atoms with Crippen LogP contribution >= 0.6 is 0 Å². The van der Waals surface area contributed by atoms with E-state index in [9.17, 15) is 9.59 Å². The standard InChI is InChI=1S/C25H32N2O4/c1-17(2)26-23(28)16-31-21-14-13-20(15-22(21)30-3)25(29)27-24(19-11-7-8-12-19)18-9-5-4-6-10-18/h4-6,9-10,13-15,17,19,24H,7-8,11-12,16H2,1-3H3,(H,26,28)(H,27,29). The van der Waals surface area contributed by atoms with Crippen LogP contribution in [0.5, 0.6) is 11.5 Å². The van der Waals surface area contributed by atoms with Crippen LogP contribution in [0.15, 0.2) is 48.5 Å². The van der Waals surface area contributed by atoms with E-state index in [1.807, 2.05) is 32.0 Å². The van der Waals surface area contributed by atoms with Gasteiger partial charge >= 0.3 is 0 Å². The van der Waals surface area contributed by atoms with E-state index >= 15 is 0 Å². The van der Waals surface area contributed by atoms with Gasteiger partial charge in [-0.15, -0.1) is 0 Å². The van der Waals surface area contributed by atoms with Gasteiger partial charge in [0.2, 0.25) is 0 Å². The Morgan fingerprint density at radius 2 is 1.71 bits per heavy atom. The summed E-state index contributed by atoms with van der Waals surface area (Å²) in [6.07, 6.45) is 4.64. The quantitative estimate of drug-likeness (QED) is 0.631. The first-order valence-electron chi connectivity index (χ1n) is 10.9. The zero-order chi connectivity index (χ0) is 22.2. The first-order valence-corrected chi connectivity index (χ1v) is 10.9. The SMILES string of the molecule is COc1cc(C(=O)NC(c2ccccc2)C2CCCC2)ccc1OCC(=O)NC(C)C. The summed E-state index contributed by atoms with van der Waals surface area (Å²) < 4.78 is 11.0. The lowest BCUT2D eigenvalue weighted by atomic mass is 9.91. The molecule has 0 bridgehead atoms. The van der Waals surface area contributed by atoms with E-state index in [4.69, 9.17) is 9.47 Å². The lowest BCUT2D eigenvalue weighted by molar-refractivity contribution is -0.123. The smallest absolute Gasteiger partial charge is 0.258 e. The largest absolute Gasteiger partial charge is 0.493 e. The van der Waals surface area contributed by atoms with Gasteiger partial charge in [0, 0.05) is 11.6 Å². The Morgan fingerprint density at radius 1 is 1.00 bits per heavy atom. The van der Waals surface area contributed by atoms with Crippen molar-refractivity contribution in [3.05, 3.63) is 59.7 Å². The number of carbonyl (C=O) groups excluding carboxylic acids is 2. The van der Waals surface area contributed by atoms with Crippen LogP contribution in [-0.2, 0) is 4.79 Å². The Bertz CT molecular complexity index is 876.